The zero-order chi connectivity index (χ0) is 20.2. The van der Waals surface area contributed by atoms with Gasteiger partial charge in [-0.2, -0.15) is 0 Å². The number of rotatable bonds is 7. The summed E-state index contributed by atoms with van der Waals surface area (Å²) in [6.07, 6.45) is 0.714. The number of hydrogen-bond acceptors (Lipinski definition) is 4. The van der Waals surface area contributed by atoms with Crippen molar-refractivity contribution in [3.63, 3.8) is 0 Å². The summed E-state index contributed by atoms with van der Waals surface area (Å²) in [5, 5.41) is 20.4. The Hall–Kier alpha value is -2.21. The van der Waals surface area contributed by atoms with E-state index in [1.165, 1.54) is 11.0 Å². The number of phenols is 2. The third-order valence-corrected chi connectivity index (χ3v) is 4.73. The number of hydrogen-bond donors (Lipinski definition) is 2. The molecule has 0 fully saturated rings. The van der Waals surface area contributed by atoms with Crippen LogP contribution in [0, 0.1) is 0 Å². The highest BCUT2D eigenvalue weighted by Gasteiger charge is 2.30. The molecule has 0 saturated carbocycles. The number of nitrogens with zero attached hydrogens (tertiary/aromatic N) is 2. The molecule has 0 heterocycles. The molecule has 0 aromatic heterocycles. The van der Waals surface area contributed by atoms with Crippen molar-refractivity contribution >= 4 is 36.0 Å². The van der Waals surface area contributed by atoms with Crippen LogP contribution in [0.5, 0.6) is 11.5 Å². The second kappa shape index (κ2) is 8.45. The van der Waals surface area contributed by atoms with E-state index in [0.29, 0.717) is 25.1 Å². The predicted octanol–water partition coefficient (Wildman–Crippen LogP) is 1.73. The van der Waals surface area contributed by atoms with Crippen molar-refractivity contribution in [3.8, 4) is 11.5 Å². The number of carbonyl (C=O) groups excluding carboxylic acids is 2. The van der Waals surface area contributed by atoms with Gasteiger partial charge in [0.1, 0.15) is 11.5 Å². The van der Waals surface area contributed by atoms with Crippen molar-refractivity contribution in [2.75, 3.05) is 27.2 Å². The Morgan fingerprint density at radius 1 is 1.15 bits per heavy atom. The molecular formula is C19H27ClN2O4. The second-order valence-corrected chi connectivity index (χ2v) is 7.48. The minimum Gasteiger partial charge on any atom is -0.507 e. The minimum atomic E-state index is -0.749. The molecule has 7 heteroatoms. The van der Waals surface area contributed by atoms with Gasteiger partial charge in [0.05, 0.1) is 0 Å². The maximum absolute atomic E-state index is 12.6. The molecule has 0 aliphatic rings. The fourth-order valence-corrected chi connectivity index (χ4v) is 2.92. The van der Waals surface area contributed by atoms with E-state index < -0.39 is 10.8 Å². The lowest BCUT2D eigenvalue weighted by Gasteiger charge is -2.29. The summed E-state index contributed by atoms with van der Waals surface area (Å²) in [5.41, 5.74) is -0.336. The van der Waals surface area contributed by atoms with Crippen molar-refractivity contribution < 1.29 is 19.8 Å². The van der Waals surface area contributed by atoms with Gasteiger partial charge in [-0.05, 0) is 24.1 Å². The molecule has 0 saturated heterocycles. The van der Waals surface area contributed by atoms with Crippen LogP contribution in [0.25, 0.3) is 13.2 Å². The Labute approximate surface area is 159 Å². The third kappa shape index (κ3) is 5.14. The van der Waals surface area contributed by atoms with E-state index in [9.17, 15) is 19.8 Å². The first-order chi connectivity index (χ1) is 11.9. The van der Waals surface area contributed by atoms with Crippen LogP contribution in [-0.4, -0.2) is 58.5 Å². The number of carbonyl (C=O) groups is 2. The molecule has 1 aromatic carbocycles. The SMILES string of the molecule is C=c1cc(O)c(=C)c(C(C)(C)CC(=O)N(C)CCCN(C)C(=O)Cl)c1O. The Balaban J connectivity index is 2.87. The van der Waals surface area contributed by atoms with Crippen molar-refractivity contribution in [2.24, 2.45) is 0 Å². The van der Waals surface area contributed by atoms with Crippen molar-refractivity contribution in [1.82, 2.24) is 9.80 Å². The molecule has 0 bridgehead atoms. The van der Waals surface area contributed by atoms with Crippen LogP contribution in [0.3, 0.4) is 0 Å². The summed E-state index contributed by atoms with van der Waals surface area (Å²) in [6.45, 7) is 12.0. The molecule has 1 aromatic rings. The second-order valence-electron chi connectivity index (χ2n) is 7.16. The maximum Gasteiger partial charge on any atom is 0.316 e. The van der Waals surface area contributed by atoms with Gasteiger partial charge in [0, 0.05) is 55.0 Å². The van der Waals surface area contributed by atoms with Crippen molar-refractivity contribution in [3.05, 3.63) is 22.1 Å². The normalized spacial score (nSPS) is 11.3. The molecule has 1 rings (SSSR count). The van der Waals surface area contributed by atoms with E-state index >= 15 is 0 Å². The van der Waals surface area contributed by atoms with Crippen LogP contribution in [0.15, 0.2) is 6.07 Å². The average Bonchev–Trinajstić information content (AvgIpc) is 2.52. The van der Waals surface area contributed by atoms with Crippen molar-refractivity contribution in [2.45, 2.75) is 32.1 Å². The smallest absolute Gasteiger partial charge is 0.316 e. The van der Waals surface area contributed by atoms with Crippen LogP contribution in [0.2, 0.25) is 0 Å². The van der Waals surface area contributed by atoms with E-state index in [1.807, 2.05) is 0 Å². The van der Waals surface area contributed by atoms with Gasteiger partial charge in [0.2, 0.25) is 5.91 Å². The first-order valence-electron chi connectivity index (χ1n) is 8.26. The summed E-state index contributed by atoms with van der Waals surface area (Å²) in [7, 11) is 3.28. The van der Waals surface area contributed by atoms with Gasteiger partial charge >= 0.3 is 5.37 Å². The Morgan fingerprint density at radius 2 is 1.69 bits per heavy atom. The molecule has 2 amide bonds. The molecule has 26 heavy (non-hydrogen) atoms. The molecular weight excluding hydrogens is 356 g/mol. The number of phenolic OH excluding ortho intramolecular Hbond substituents is 2. The van der Waals surface area contributed by atoms with Crippen LogP contribution in [0.1, 0.15) is 32.3 Å². The Morgan fingerprint density at radius 3 is 2.23 bits per heavy atom. The quantitative estimate of drug-likeness (QED) is 0.427. The fourth-order valence-electron chi connectivity index (χ4n) is 2.84. The lowest BCUT2D eigenvalue weighted by atomic mass is 9.79. The predicted molar refractivity (Wildman–Crippen MR) is 104 cm³/mol. The van der Waals surface area contributed by atoms with Gasteiger partial charge < -0.3 is 20.0 Å². The summed E-state index contributed by atoms with van der Waals surface area (Å²) >= 11 is 5.37. The lowest BCUT2D eigenvalue weighted by molar-refractivity contribution is -0.131. The molecule has 0 spiro atoms. The molecule has 0 unspecified atom stereocenters. The Kier molecular flexibility index (Phi) is 7.09. The van der Waals surface area contributed by atoms with Gasteiger partial charge in [-0.1, -0.05) is 27.0 Å². The monoisotopic (exact) mass is 382 g/mol. The molecule has 144 valence electrons. The van der Waals surface area contributed by atoms with Gasteiger partial charge in [-0.3, -0.25) is 9.59 Å². The van der Waals surface area contributed by atoms with Crippen LogP contribution in [0.4, 0.5) is 4.79 Å². The summed E-state index contributed by atoms with van der Waals surface area (Å²) in [4.78, 5) is 26.5. The van der Waals surface area contributed by atoms with Gasteiger partial charge in [-0.15, -0.1) is 0 Å². The van der Waals surface area contributed by atoms with E-state index in [2.05, 4.69) is 13.2 Å². The number of halogens is 1. The summed E-state index contributed by atoms with van der Waals surface area (Å²) in [6, 6.07) is 1.35. The molecule has 6 nitrogen and oxygen atoms in total. The molecule has 2 N–H and O–H groups in total. The number of benzene rings is 1. The van der Waals surface area contributed by atoms with Gasteiger partial charge in [0.15, 0.2) is 0 Å². The minimum absolute atomic E-state index is 0.0597. The fraction of sp³-hybridized carbons (Fsp3) is 0.474. The highest BCUT2D eigenvalue weighted by atomic mass is 35.5. The van der Waals surface area contributed by atoms with E-state index in [1.54, 1.807) is 32.8 Å². The summed E-state index contributed by atoms with van der Waals surface area (Å²) in [5.74, 6) is -0.247. The first kappa shape index (κ1) is 21.8. The van der Waals surface area contributed by atoms with E-state index in [4.69, 9.17) is 11.6 Å². The lowest BCUT2D eigenvalue weighted by Crippen LogP contribution is -2.37. The van der Waals surface area contributed by atoms with Crippen molar-refractivity contribution in [1.29, 1.82) is 0 Å². The Bertz CT molecular complexity index is 792. The molecule has 0 aliphatic carbocycles. The topological polar surface area (TPSA) is 81.1 Å². The van der Waals surface area contributed by atoms with E-state index in [-0.39, 0.29) is 34.3 Å². The molecule has 0 aliphatic heterocycles. The van der Waals surface area contributed by atoms with Crippen LogP contribution >= 0.6 is 11.6 Å². The average molecular weight is 383 g/mol. The van der Waals surface area contributed by atoms with Crippen LogP contribution < -0.4 is 10.4 Å². The largest absolute Gasteiger partial charge is 0.507 e. The maximum atomic E-state index is 12.6. The number of aromatic hydroxyl groups is 2. The standard InChI is InChI=1S/C19H27ClN2O4/c1-12-10-14(23)13(2)16(17(12)25)19(3,4)11-15(24)21(5)8-7-9-22(6)18(20)26/h10,23,25H,1-2,7-9,11H2,3-6H3. The summed E-state index contributed by atoms with van der Waals surface area (Å²) < 4.78 is 0. The van der Waals surface area contributed by atoms with E-state index in [0.717, 1.165) is 0 Å². The van der Waals surface area contributed by atoms with Gasteiger partial charge in [0.25, 0.3) is 0 Å². The zero-order valence-corrected chi connectivity index (χ0v) is 16.6. The first-order valence-corrected chi connectivity index (χ1v) is 8.64. The molecule has 0 radical (unpaired) electrons. The third-order valence-electron chi connectivity index (χ3n) is 4.45. The molecule has 0 atom stereocenters. The van der Waals surface area contributed by atoms with Gasteiger partial charge in [-0.25, -0.2) is 0 Å². The highest BCUT2D eigenvalue weighted by Crippen LogP contribution is 2.31. The van der Waals surface area contributed by atoms with Crippen LogP contribution in [-0.2, 0) is 10.2 Å². The zero-order valence-electron chi connectivity index (χ0n) is 15.8. The highest BCUT2D eigenvalue weighted by molar-refractivity contribution is 6.62. The number of amides is 2.